The molecule has 1 unspecified atom stereocenters. The predicted octanol–water partition coefficient (Wildman–Crippen LogP) is 5.52. The van der Waals surface area contributed by atoms with Crippen molar-refractivity contribution >= 4 is 39.9 Å². The molecule has 1 atom stereocenters. The molecule has 0 radical (unpaired) electrons. The molecule has 9 nitrogen and oxygen atoms in total. The number of esters is 1. The smallest absolute Gasteiger partial charge is 0.350 e. The van der Waals surface area contributed by atoms with Crippen molar-refractivity contribution in [2.45, 2.75) is 19.9 Å². The standard InChI is InChI=1S/C30H27FN2O7S/c1-5-14-39-21-13-10-19(16-22(21)38-7-3)24-23(25(34)18-8-11-20(31)12-9-18)26(35)28(36)33(24)30-32-17(4)27(41-30)29(37)40-15-6-2/h5-6,8-13,16,24,34H,1-2,7,14-15H2,3-4H3/b25-23+. The first-order chi connectivity index (χ1) is 19.7. The van der Waals surface area contributed by atoms with Crippen LogP contribution in [0.15, 0.2) is 73.3 Å². The lowest BCUT2D eigenvalue weighted by Crippen LogP contribution is -2.29. The Bertz CT molecular complexity index is 1540. The number of aliphatic hydroxyl groups is 1. The highest BCUT2D eigenvalue weighted by molar-refractivity contribution is 7.17. The van der Waals surface area contributed by atoms with Crippen LogP contribution in [0.2, 0.25) is 0 Å². The van der Waals surface area contributed by atoms with E-state index in [1.165, 1.54) is 18.2 Å². The number of hydrogen-bond donors (Lipinski definition) is 1. The molecule has 1 aliphatic rings. The summed E-state index contributed by atoms with van der Waals surface area (Å²) in [5.41, 5.74) is 0.578. The van der Waals surface area contributed by atoms with Crippen molar-refractivity contribution in [3.05, 3.63) is 101 Å². The largest absolute Gasteiger partial charge is 0.507 e. The number of amides is 1. The van der Waals surface area contributed by atoms with Gasteiger partial charge in [0.25, 0.3) is 5.78 Å². The van der Waals surface area contributed by atoms with Crippen LogP contribution in [0.5, 0.6) is 11.5 Å². The monoisotopic (exact) mass is 578 g/mol. The normalized spacial score (nSPS) is 16.0. The summed E-state index contributed by atoms with van der Waals surface area (Å²) in [7, 11) is 0. The molecule has 3 aromatic rings. The molecule has 0 spiro atoms. The molecule has 1 aliphatic heterocycles. The van der Waals surface area contributed by atoms with E-state index in [9.17, 15) is 23.9 Å². The molecule has 1 N–H and O–H groups in total. The maximum Gasteiger partial charge on any atom is 0.350 e. The molecule has 1 amide bonds. The van der Waals surface area contributed by atoms with Crippen molar-refractivity contribution in [2.24, 2.45) is 0 Å². The molecule has 0 aliphatic carbocycles. The predicted molar refractivity (Wildman–Crippen MR) is 152 cm³/mol. The summed E-state index contributed by atoms with van der Waals surface area (Å²) in [6.45, 7) is 11.0. The number of benzene rings is 2. The number of Topliss-reactive ketones (excluding diaryl/α,β-unsaturated/α-hetero) is 1. The van der Waals surface area contributed by atoms with E-state index in [0.717, 1.165) is 28.4 Å². The van der Waals surface area contributed by atoms with Gasteiger partial charge in [0, 0.05) is 5.56 Å². The fraction of sp³-hybridized carbons (Fsp3) is 0.200. The van der Waals surface area contributed by atoms with E-state index < -0.39 is 35.3 Å². The average Bonchev–Trinajstić information content (AvgIpc) is 3.47. The highest BCUT2D eigenvalue weighted by atomic mass is 32.1. The van der Waals surface area contributed by atoms with Crippen LogP contribution in [0.1, 0.15) is 39.5 Å². The lowest BCUT2D eigenvalue weighted by Gasteiger charge is -2.24. The summed E-state index contributed by atoms with van der Waals surface area (Å²) in [6, 6.07) is 8.53. The summed E-state index contributed by atoms with van der Waals surface area (Å²) in [5.74, 6) is -2.91. The van der Waals surface area contributed by atoms with Gasteiger partial charge in [-0.1, -0.05) is 42.7 Å². The summed E-state index contributed by atoms with van der Waals surface area (Å²) >= 11 is 0.872. The van der Waals surface area contributed by atoms with Crippen LogP contribution in [-0.4, -0.2) is 47.6 Å². The van der Waals surface area contributed by atoms with Gasteiger partial charge in [-0.2, -0.15) is 0 Å². The van der Waals surface area contributed by atoms with Gasteiger partial charge in [0.2, 0.25) is 0 Å². The number of anilines is 1. The highest BCUT2D eigenvalue weighted by Crippen LogP contribution is 2.45. The second-order valence-electron chi connectivity index (χ2n) is 8.71. The Hall–Kier alpha value is -4.77. The minimum Gasteiger partial charge on any atom is -0.507 e. The number of ether oxygens (including phenoxy) is 3. The molecule has 0 bridgehead atoms. The number of hydrogen-bond acceptors (Lipinski definition) is 9. The van der Waals surface area contributed by atoms with Gasteiger partial charge in [0.15, 0.2) is 16.6 Å². The lowest BCUT2D eigenvalue weighted by atomic mass is 9.95. The molecule has 1 fully saturated rings. The van der Waals surface area contributed by atoms with Crippen LogP contribution >= 0.6 is 11.3 Å². The van der Waals surface area contributed by atoms with E-state index in [1.54, 1.807) is 38.1 Å². The summed E-state index contributed by atoms with van der Waals surface area (Å²) in [4.78, 5) is 45.2. The molecule has 41 heavy (non-hydrogen) atoms. The number of aliphatic hydroxyl groups excluding tert-OH is 1. The highest BCUT2D eigenvalue weighted by Gasteiger charge is 2.48. The average molecular weight is 579 g/mol. The number of carbonyl (C=O) groups excluding carboxylic acids is 3. The molecule has 2 heterocycles. The zero-order valence-corrected chi connectivity index (χ0v) is 23.2. The second kappa shape index (κ2) is 12.6. The van der Waals surface area contributed by atoms with Crippen molar-refractivity contribution < 1.29 is 38.1 Å². The third-order valence-corrected chi connectivity index (χ3v) is 7.15. The zero-order valence-electron chi connectivity index (χ0n) is 22.4. The van der Waals surface area contributed by atoms with Crippen LogP contribution in [0, 0.1) is 12.7 Å². The Balaban J connectivity index is 1.91. The van der Waals surface area contributed by atoms with Gasteiger partial charge in [-0.15, -0.1) is 0 Å². The van der Waals surface area contributed by atoms with Gasteiger partial charge in [-0.25, -0.2) is 14.2 Å². The van der Waals surface area contributed by atoms with Crippen molar-refractivity contribution in [2.75, 3.05) is 24.7 Å². The minimum absolute atomic E-state index is 0.0197. The maximum absolute atomic E-state index is 13.6. The van der Waals surface area contributed by atoms with Crippen molar-refractivity contribution in [1.82, 2.24) is 4.98 Å². The summed E-state index contributed by atoms with van der Waals surface area (Å²) in [6.07, 6.45) is 2.99. The summed E-state index contributed by atoms with van der Waals surface area (Å²) < 4.78 is 30.2. The SMILES string of the molecule is C=CCOC(=O)c1sc(N2C(=O)C(=O)/C(=C(/O)c3ccc(F)cc3)C2c2ccc(OCC=C)c(OCC)c2)nc1C. The number of aryl methyl sites for hydroxylation is 1. The molecular formula is C30H27FN2O7S. The van der Waals surface area contributed by atoms with Gasteiger partial charge in [0.1, 0.15) is 29.7 Å². The fourth-order valence-corrected chi connectivity index (χ4v) is 5.20. The van der Waals surface area contributed by atoms with E-state index in [2.05, 4.69) is 18.1 Å². The summed E-state index contributed by atoms with van der Waals surface area (Å²) in [5, 5.41) is 11.3. The Morgan fingerprint density at radius 3 is 2.46 bits per heavy atom. The Kier molecular flexibility index (Phi) is 8.98. The Labute approximate surface area is 239 Å². The van der Waals surface area contributed by atoms with E-state index in [4.69, 9.17) is 14.2 Å². The number of carbonyl (C=O) groups is 3. The third kappa shape index (κ3) is 5.90. The first-order valence-electron chi connectivity index (χ1n) is 12.5. The molecular weight excluding hydrogens is 551 g/mol. The molecule has 212 valence electrons. The quantitative estimate of drug-likeness (QED) is 0.104. The molecule has 1 saturated heterocycles. The van der Waals surface area contributed by atoms with Crippen molar-refractivity contribution in [3.63, 3.8) is 0 Å². The lowest BCUT2D eigenvalue weighted by molar-refractivity contribution is -0.132. The van der Waals surface area contributed by atoms with Crippen LogP contribution < -0.4 is 14.4 Å². The number of aromatic nitrogens is 1. The van der Waals surface area contributed by atoms with Crippen LogP contribution in [0.25, 0.3) is 5.76 Å². The topological polar surface area (TPSA) is 115 Å². The number of halogens is 1. The Morgan fingerprint density at radius 2 is 1.80 bits per heavy atom. The fourth-order valence-electron chi connectivity index (χ4n) is 4.21. The van der Waals surface area contributed by atoms with Crippen molar-refractivity contribution in [3.8, 4) is 11.5 Å². The van der Waals surface area contributed by atoms with Gasteiger partial charge in [-0.05, 0) is 55.8 Å². The van der Waals surface area contributed by atoms with Gasteiger partial charge < -0.3 is 19.3 Å². The number of ketones is 1. The van der Waals surface area contributed by atoms with E-state index in [1.807, 2.05) is 0 Å². The number of thiazole rings is 1. The second-order valence-corrected chi connectivity index (χ2v) is 9.69. The van der Waals surface area contributed by atoms with E-state index in [-0.39, 0.29) is 34.4 Å². The minimum atomic E-state index is -1.17. The maximum atomic E-state index is 13.6. The number of rotatable bonds is 11. The van der Waals surface area contributed by atoms with E-state index in [0.29, 0.717) is 29.4 Å². The van der Waals surface area contributed by atoms with Crippen LogP contribution in [0.4, 0.5) is 9.52 Å². The molecule has 11 heteroatoms. The molecule has 4 rings (SSSR count). The van der Waals surface area contributed by atoms with Crippen LogP contribution in [-0.2, 0) is 14.3 Å². The van der Waals surface area contributed by atoms with Gasteiger partial charge in [-0.3, -0.25) is 14.5 Å². The number of nitrogens with zero attached hydrogens (tertiary/aromatic N) is 2. The molecule has 0 saturated carbocycles. The first kappa shape index (κ1) is 29.2. The third-order valence-electron chi connectivity index (χ3n) is 6.01. The van der Waals surface area contributed by atoms with Gasteiger partial charge >= 0.3 is 11.9 Å². The Morgan fingerprint density at radius 1 is 1.10 bits per heavy atom. The first-order valence-corrected chi connectivity index (χ1v) is 13.4. The zero-order chi connectivity index (χ0) is 29.7. The van der Waals surface area contributed by atoms with E-state index >= 15 is 0 Å². The van der Waals surface area contributed by atoms with Crippen LogP contribution in [0.3, 0.4) is 0 Å². The molecule has 1 aromatic heterocycles. The van der Waals surface area contributed by atoms with Crippen molar-refractivity contribution in [1.29, 1.82) is 0 Å². The molecule has 2 aromatic carbocycles. The van der Waals surface area contributed by atoms with Gasteiger partial charge in [0.05, 0.1) is 23.9 Å².